The predicted molar refractivity (Wildman–Crippen MR) is 58.8 cm³/mol. The molecule has 0 aliphatic heterocycles. The van der Waals surface area contributed by atoms with Gasteiger partial charge in [0.2, 0.25) is 0 Å². The van der Waals surface area contributed by atoms with Crippen LogP contribution in [-0.2, 0) is 11.2 Å². The third kappa shape index (κ3) is 2.65. The number of carboxylic acid groups (broad SMARTS) is 1. The second-order valence-electron chi connectivity index (χ2n) is 3.33. The molecular formula is C11H7F2NO2S. The van der Waals surface area contributed by atoms with Crippen LogP contribution in [0.4, 0.5) is 8.78 Å². The Morgan fingerprint density at radius 3 is 2.88 bits per heavy atom. The zero-order chi connectivity index (χ0) is 12.4. The van der Waals surface area contributed by atoms with Gasteiger partial charge < -0.3 is 5.11 Å². The largest absolute Gasteiger partial charge is 0.481 e. The number of aliphatic carboxylic acids is 1. The summed E-state index contributed by atoms with van der Waals surface area (Å²) in [4.78, 5) is 14.9. The zero-order valence-corrected chi connectivity index (χ0v) is 9.30. The van der Waals surface area contributed by atoms with E-state index >= 15 is 0 Å². The number of hydrogen-bond acceptors (Lipinski definition) is 3. The molecule has 1 heterocycles. The second-order valence-corrected chi connectivity index (χ2v) is 4.44. The minimum absolute atomic E-state index is 0.0478. The topological polar surface area (TPSA) is 50.2 Å². The third-order valence-corrected chi connectivity index (χ3v) is 3.07. The first kappa shape index (κ1) is 11.7. The Hall–Kier alpha value is -1.82. The summed E-state index contributed by atoms with van der Waals surface area (Å²) < 4.78 is 26.4. The molecule has 0 unspecified atom stereocenters. The van der Waals surface area contributed by atoms with Crippen LogP contribution in [0.15, 0.2) is 24.4 Å². The van der Waals surface area contributed by atoms with Crippen LogP contribution in [0.5, 0.6) is 0 Å². The van der Waals surface area contributed by atoms with Gasteiger partial charge in [0.15, 0.2) is 0 Å². The number of halogens is 2. The standard InChI is InChI=1S/C11H7F2NO2S/c12-6-1-2-9(13)8(3-6)11-14-5-7(17-11)4-10(15)16/h1-3,5H,4H2,(H,15,16). The van der Waals surface area contributed by atoms with E-state index in [2.05, 4.69) is 4.98 Å². The molecule has 2 rings (SSSR count). The lowest BCUT2D eigenvalue weighted by Crippen LogP contribution is -1.97. The Labute approximate surface area is 99.4 Å². The van der Waals surface area contributed by atoms with Crippen LogP contribution in [0, 0.1) is 11.6 Å². The van der Waals surface area contributed by atoms with Crippen LogP contribution in [0.1, 0.15) is 4.88 Å². The maximum Gasteiger partial charge on any atom is 0.308 e. The first-order valence-electron chi connectivity index (χ1n) is 4.68. The van der Waals surface area contributed by atoms with Crippen LogP contribution in [-0.4, -0.2) is 16.1 Å². The lowest BCUT2D eigenvalue weighted by atomic mass is 10.2. The molecule has 17 heavy (non-hydrogen) atoms. The number of carbonyl (C=O) groups is 1. The van der Waals surface area contributed by atoms with Crippen LogP contribution in [0.25, 0.3) is 10.6 Å². The first-order valence-corrected chi connectivity index (χ1v) is 5.50. The van der Waals surface area contributed by atoms with Gasteiger partial charge in [0.05, 0.1) is 6.42 Å². The second kappa shape index (κ2) is 4.58. The fourth-order valence-corrected chi connectivity index (χ4v) is 2.25. The normalized spacial score (nSPS) is 10.5. The highest BCUT2D eigenvalue weighted by Crippen LogP contribution is 2.28. The Balaban J connectivity index is 2.36. The van der Waals surface area contributed by atoms with E-state index in [0.29, 0.717) is 4.88 Å². The van der Waals surface area contributed by atoms with Gasteiger partial charge in [-0.1, -0.05) is 0 Å². The molecule has 0 amide bonds. The minimum Gasteiger partial charge on any atom is -0.481 e. The smallest absolute Gasteiger partial charge is 0.308 e. The highest BCUT2D eigenvalue weighted by atomic mass is 32.1. The Morgan fingerprint density at radius 2 is 2.18 bits per heavy atom. The van der Waals surface area contributed by atoms with Crippen LogP contribution in [0.2, 0.25) is 0 Å². The molecule has 88 valence electrons. The number of hydrogen-bond donors (Lipinski definition) is 1. The molecule has 0 fully saturated rings. The summed E-state index contributed by atoms with van der Waals surface area (Å²) in [5, 5.41) is 8.87. The van der Waals surface area contributed by atoms with Crippen LogP contribution in [0.3, 0.4) is 0 Å². The number of benzene rings is 1. The fourth-order valence-electron chi connectivity index (χ4n) is 1.32. The van der Waals surface area contributed by atoms with Gasteiger partial charge in [0.1, 0.15) is 16.6 Å². The summed E-state index contributed by atoms with van der Waals surface area (Å²) in [6.45, 7) is 0. The molecule has 0 radical (unpaired) electrons. The number of nitrogens with zero attached hydrogens (tertiary/aromatic N) is 1. The van der Waals surface area contributed by atoms with Gasteiger partial charge >= 0.3 is 5.97 Å². The Bertz CT molecular complexity index is 568. The van der Waals surface area contributed by atoms with E-state index in [1.54, 1.807) is 0 Å². The molecule has 1 aromatic carbocycles. The van der Waals surface area contributed by atoms with E-state index in [0.717, 1.165) is 29.5 Å². The van der Waals surface area contributed by atoms with Crippen LogP contribution >= 0.6 is 11.3 Å². The molecule has 0 saturated heterocycles. The monoisotopic (exact) mass is 255 g/mol. The summed E-state index contributed by atoms with van der Waals surface area (Å²) in [6.07, 6.45) is 1.19. The summed E-state index contributed by atoms with van der Waals surface area (Å²) >= 11 is 1.04. The molecule has 0 aliphatic rings. The van der Waals surface area contributed by atoms with Crippen molar-refractivity contribution in [1.82, 2.24) is 4.98 Å². The molecule has 1 N–H and O–H groups in total. The van der Waals surface area contributed by atoms with Gasteiger partial charge in [-0.05, 0) is 18.2 Å². The van der Waals surface area contributed by atoms with E-state index in [1.807, 2.05) is 0 Å². The van der Waals surface area contributed by atoms with Crippen molar-refractivity contribution in [2.45, 2.75) is 6.42 Å². The zero-order valence-electron chi connectivity index (χ0n) is 8.48. The molecule has 0 aliphatic carbocycles. The number of aromatic nitrogens is 1. The lowest BCUT2D eigenvalue weighted by Gasteiger charge is -1.98. The summed E-state index contributed by atoms with van der Waals surface area (Å²) in [5.41, 5.74) is 0.0478. The van der Waals surface area contributed by atoms with Gasteiger partial charge in [-0.2, -0.15) is 0 Å². The predicted octanol–water partition coefficient (Wildman–Crippen LogP) is 2.72. The Morgan fingerprint density at radius 1 is 1.41 bits per heavy atom. The van der Waals surface area contributed by atoms with E-state index in [4.69, 9.17) is 5.11 Å². The summed E-state index contributed by atoms with van der Waals surface area (Å²) in [5.74, 6) is -2.13. The maximum atomic E-state index is 13.4. The van der Waals surface area contributed by atoms with Crippen LogP contribution < -0.4 is 0 Å². The quantitative estimate of drug-likeness (QED) is 0.917. The minimum atomic E-state index is -0.986. The van der Waals surface area contributed by atoms with Crippen molar-refractivity contribution < 1.29 is 18.7 Å². The van der Waals surface area contributed by atoms with Crippen molar-refractivity contribution in [1.29, 1.82) is 0 Å². The van der Waals surface area contributed by atoms with E-state index in [9.17, 15) is 13.6 Å². The molecule has 2 aromatic rings. The average molecular weight is 255 g/mol. The summed E-state index contributed by atoms with van der Waals surface area (Å²) in [7, 11) is 0. The highest BCUT2D eigenvalue weighted by molar-refractivity contribution is 7.15. The molecule has 6 heteroatoms. The van der Waals surface area contributed by atoms with Crippen molar-refractivity contribution >= 4 is 17.3 Å². The number of thiazole rings is 1. The molecule has 0 bridgehead atoms. The Kier molecular flexibility index (Phi) is 3.14. The van der Waals surface area contributed by atoms with E-state index in [-0.39, 0.29) is 17.0 Å². The van der Waals surface area contributed by atoms with Gasteiger partial charge in [-0.25, -0.2) is 13.8 Å². The third-order valence-electron chi connectivity index (χ3n) is 2.04. The van der Waals surface area contributed by atoms with Gasteiger partial charge in [-0.3, -0.25) is 4.79 Å². The van der Waals surface area contributed by atoms with Crippen molar-refractivity contribution in [3.05, 3.63) is 40.9 Å². The maximum absolute atomic E-state index is 13.4. The molecule has 0 saturated carbocycles. The lowest BCUT2D eigenvalue weighted by molar-refractivity contribution is -0.136. The van der Waals surface area contributed by atoms with Crippen molar-refractivity contribution in [3.63, 3.8) is 0 Å². The molecular weight excluding hydrogens is 248 g/mol. The highest BCUT2D eigenvalue weighted by Gasteiger charge is 2.12. The molecule has 0 spiro atoms. The van der Waals surface area contributed by atoms with Gasteiger partial charge in [0.25, 0.3) is 0 Å². The first-order chi connectivity index (χ1) is 8.06. The van der Waals surface area contributed by atoms with E-state index < -0.39 is 17.6 Å². The number of rotatable bonds is 3. The molecule has 3 nitrogen and oxygen atoms in total. The van der Waals surface area contributed by atoms with E-state index in [1.165, 1.54) is 6.20 Å². The molecule has 0 atom stereocenters. The number of carboxylic acids is 1. The fraction of sp³-hybridized carbons (Fsp3) is 0.0909. The van der Waals surface area contributed by atoms with Gasteiger partial charge in [-0.15, -0.1) is 11.3 Å². The van der Waals surface area contributed by atoms with Crippen molar-refractivity contribution in [2.24, 2.45) is 0 Å². The average Bonchev–Trinajstić information content (AvgIpc) is 2.69. The SMILES string of the molecule is O=C(O)Cc1cnc(-c2cc(F)ccc2F)s1. The van der Waals surface area contributed by atoms with Crippen molar-refractivity contribution in [2.75, 3.05) is 0 Å². The van der Waals surface area contributed by atoms with Crippen molar-refractivity contribution in [3.8, 4) is 10.6 Å². The summed E-state index contributed by atoms with van der Waals surface area (Å²) in [6, 6.07) is 3.08. The molecule has 1 aromatic heterocycles. The van der Waals surface area contributed by atoms with Gasteiger partial charge in [0, 0.05) is 16.6 Å².